The van der Waals surface area contributed by atoms with Crippen LogP contribution in [0.5, 0.6) is 0 Å². The second-order valence-electron chi connectivity index (χ2n) is 3.30. The first-order chi connectivity index (χ1) is 7.71. The number of aliphatic carboxylic acids is 1. The van der Waals surface area contributed by atoms with Gasteiger partial charge in [-0.1, -0.05) is 11.6 Å². The Kier molecular flexibility index (Phi) is 3.94. The van der Waals surface area contributed by atoms with Crippen molar-refractivity contribution in [1.29, 1.82) is 0 Å². The van der Waals surface area contributed by atoms with E-state index >= 15 is 0 Å². The highest BCUT2D eigenvalue weighted by Gasteiger charge is 2.31. The number of nitrogens with two attached hydrogens (primary N) is 1. The number of carbonyl (C=O) groups is 1. The van der Waals surface area contributed by atoms with Gasteiger partial charge in [0, 0.05) is 12.6 Å². The van der Waals surface area contributed by atoms with E-state index in [1.54, 1.807) is 0 Å². The number of hydrogen-bond acceptors (Lipinski definition) is 3. The van der Waals surface area contributed by atoms with Crippen LogP contribution in [-0.4, -0.2) is 22.1 Å². The molecule has 94 valence electrons. The van der Waals surface area contributed by atoms with Crippen LogP contribution in [0.15, 0.2) is 12.3 Å². The maximum atomic E-state index is 12.3. The van der Waals surface area contributed by atoms with Crippen LogP contribution in [0.3, 0.4) is 0 Å². The Bertz CT molecular complexity index is 437. The molecule has 1 aromatic rings. The number of hydrogen-bond donors (Lipinski definition) is 2. The number of carboxylic acids is 1. The molecule has 0 saturated carbocycles. The predicted molar refractivity (Wildman–Crippen MR) is 53.6 cm³/mol. The van der Waals surface area contributed by atoms with Crippen molar-refractivity contribution in [3.63, 3.8) is 0 Å². The third-order valence-corrected chi connectivity index (χ3v) is 2.30. The van der Waals surface area contributed by atoms with Gasteiger partial charge in [0.2, 0.25) is 0 Å². The number of nitrogens with zero attached hydrogens (tertiary/aromatic N) is 1. The molecule has 0 radical (unpaired) electrons. The van der Waals surface area contributed by atoms with Gasteiger partial charge in [0.15, 0.2) is 0 Å². The van der Waals surface area contributed by atoms with Crippen molar-refractivity contribution in [2.24, 2.45) is 5.73 Å². The Labute approximate surface area is 99.2 Å². The van der Waals surface area contributed by atoms with Crippen molar-refractivity contribution in [3.8, 4) is 0 Å². The van der Waals surface area contributed by atoms with Gasteiger partial charge in [-0.3, -0.25) is 9.78 Å². The summed E-state index contributed by atoms with van der Waals surface area (Å²) in [6.07, 6.45) is -4.17. The van der Waals surface area contributed by atoms with Gasteiger partial charge in [0.25, 0.3) is 0 Å². The highest BCUT2D eigenvalue weighted by atomic mass is 35.5. The molecule has 0 aliphatic carbocycles. The van der Waals surface area contributed by atoms with Crippen LogP contribution in [0.1, 0.15) is 11.3 Å². The molecule has 0 unspecified atom stereocenters. The summed E-state index contributed by atoms with van der Waals surface area (Å²) in [5.74, 6) is -1.28. The average Bonchev–Trinajstić information content (AvgIpc) is 2.19. The Morgan fingerprint density at radius 3 is 2.59 bits per heavy atom. The zero-order valence-corrected chi connectivity index (χ0v) is 9.09. The fourth-order valence-electron chi connectivity index (χ4n) is 1.07. The molecule has 17 heavy (non-hydrogen) atoms. The molecule has 0 amide bonds. The van der Waals surface area contributed by atoms with Crippen molar-refractivity contribution in [2.45, 2.75) is 18.6 Å². The third-order valence-electron chi connectivity index (χ3n) is 1.98. The molecule has 0 aliphatic heterocycles. The molecule has 0 aliphatic rings. The summed E-state index contributed by atoms with van der Waals surface area (Å²) in [4.78, 5) is 13.9. The van der Waals surface area contributed by atoms with Gasteiger partial charge < -0.3 is 10.8 Å². The molecule has 0 bridgehead atoms. The topological polar surface area (TPSA) is 76.2 Å². The zero-order chi connectivity index (χ0) is 13.2. The minimum absolute atomic E-state index is 0.0227. The van der Waals surface area contributed by atoms with E-state index in [2.05, 4.69) is 4.98 Å². The maximum Gasteiger partial charge on any atom is 0.417 e. The molecule has 4 nitrogen and oxygen atoms in total. The summed E-state index contributed by atoms with van der Waals surface area (Å²) in [5.41, 5.74) is 4.25. The molecule has 1 heterocycles. The molecule has 0 fully saturated rings. The predicted octanol–water partition coefficient (Wildman–Crippen LogP) is 1.71. The standard InChI is InChI=1S/C9H8ClF3N2O2/c10-5-1-4(9(11,12)13)3-15-7(5)2-6(14)8(16)17/h1,3,6H,2,14H2,(H,16,17)/t6-/m0/s1. The SMILES string of the molecule is N[C@@H](Cc1ncc(C(F)(F)F)cc1Cl)C(=O)O. The van der Waals surface area contributed by atoms with Gasteiger partial charge in [-0.15, -0.1) is 0 Å². The fourth-order valence-corrected chi connectivity index (χ4v) is 1.31. The first-order valence-electron chi connectivity index (χ1n) is 4.42. The molecule has 1 atom stereocenters. The van der Waals surface area contributed by atoms with Crippen LogP contribution in [-0.2, 0) is 17.4 Å². The molecule has 8 heteroatoms. The highest BCUT2D eigenvalue weighted by Crippen LogP contribution is 2.31. The molecular formula is C9H8ClF3N2O2. The van der Waals surface area contributed by atoms with E-state index in [1.807, 2.05) is 0 Å². The van der Waals surface area contributed by atoms with Crippen molar-refractivity contribution in [3.05, 3.63) is 28.5 Å². The number of halogens is 4. The second kappa shape index (κ2) is 4.89. The van der Waals surface area contributed by atoms with Gasteiger partial charge in [-0.25, -0.2) is 0 Å². The largest absolute Gasteiger partial charge is 0.480 e. The van der Waals surface area contributed by atoms with Crippen molar-refractivity contribution < 1.29 is 23.1 Å². The van der Waals surface area contributed by atoms with Gasteiger partial charge in [0.05, 0.1) is 16.3 Å². The van der Waals surface area contributed by atoms with Gasteiger partial charge in [-0.05, 0) is 6.07 Å². The molecular weight excluding hydrogens is 261 g/mol. The first-order valence-corrected chi connectivity index (χ1v) is 4.79. The summed E-state index contributed by atoms with van der Waals surface area (Å²) in [5, 5.41) is 8.29. The van der Waals surface area contributed by atoms with Crippen LogP contribution in [0.25, 0.3) is 0 Å². The van der Waals surface area contributed by atoms with Gasteiger partial charge >= 0.3 is 12.1 Å². The Morgan fingerprint density at radius 2 is 2.18 bits per heavy atom. The number of alkyl halides is 3. The van der Waals surface area contributed by atoms with Crippen LogP contribution >= 0.6 is 11.6 Å². The number of pyridine rings is 1. The van der Waals surface area contributed by atoms with Crippen molar-refractivity contribution in [1.82, 2.24) is 4.98 Å². The number of rotatable bonds is 3. The molecule has 0 aromatic carbocycles. The monoisotopic (exact) mass is 268 g/mol. The summed E-state index contributed by atoms with van der Waals surface area (Å²) >= 11 is 5.57. The zero-order valence-electron chi connectivity index (χ0n) is 8.33. The fraction of sp³-hybridized carbons (Fsp3) is 0.333. The molecule has 0 saturated heterocycles. The molecule has 1 aromatic heterocycles. The van der Waals surface area contributed by atoms with Crippen LogP contribution < -0.4 is 5.73 Å². The van der Waals surface area contributed by atoms with E-state index in [4.69, 9.17) is 22.4 Å². The van der Waals surface area contributed by atoms with E-state index in [-0.39, 0.29) is 17.1 Å². The summed E-state index contributed by atoms with van der Waals surface area (Å²) < 4.78 is 36.8. The first kappa shape index (κ1) is 13.7. The van der Waals surface area contributed by atoms with Crippen LogP contribution in [0.2, 0.25) is 5.02 Å². The Morgan fingerprint density at radius 1 is 1.59 bits per heavy atom. The summed E-state index contributed by atoms with van der Waals surface area (Å²) in [6, 6.07) is -0.560. The third kappa shape index (κ3) is 3.57. The van der Waals surface area contributed by atoms with Gasteiger partial charge in [0.1, 0.15) is 6.04 Å². The van der Waals surface area contributed by atoms with Crippen molar-refractivity contribution >= 4 is 17.6 Å². The average molecular weight is 269 g/mol. The van der Waals surface area contributed by atoms with E-state index < -0.39 is 23.8 Å². The smallest absolute Gasteiger partial charge is 0.417 e. The lowest BCUT2D eigenvalue weighted by Crippen LogP contribution is -2.32. The molecule has 0 spiro atoms. The lowest BCUT2D eigenvalue weighted by atomic mass is 10.1. The van der Waals surface area contributed by atoms with Crippen molar-refractivity contribution in [2.75, 3.05) is 0 Å². The quantitative estimate of drug-likeness (QED) is 0.875. The number of aromatic nitrogens is 1. The second-order valence-corrected chi connectivity index (χ2v) is 3.71. The van der Waals surface area contributed by atoms with E-state index in [1.165, 1.54) is 0 Å². The minimum atomic E-state index is -4.54. The molecule has 3 N–H and O–H groups in total. The van der Waals surface area contributed by atoms with E-state index in [0.29, 0.717) is 12.3 Å². The summed E-state index contributed by atoms with van der Waals surface area (Å²) in [6.45, 7) is 0. The highest BCUT2D eigenvalue weighted by molar-refractivity contribution is 6.31. The lowest BCUT2D eigenvalue weighted by Gasteiger charge is -2.10. The van der Waals surface area contributed by atoms with Crippen LogP contribution in [0.4, 0.5) is 13.2 Å². The number of carboxylic acid groups (broad SMARTS) is 1. The van der Waals surface area contributed by atoms with Gasteiger partial charge in [-0.2, -0.15) is 13.2 Å². The summed E-state index contributed by atoms with van der Waals surface area (Å²) in [7, 11) is 0. The Hall–Kier alpha value is -1.34. The normalized spacial score (nSPS) is 13.5. The lowest BCUT2D eigenvalue weighted by molar-refractivity contribution is -0.139. The van der Waals surface area contributed by atoms with Crippen LogP contribution in [0, 0.1) is 0 Å². The Balaban J connectivity index is 2.95. The maximum absolute atomic E-state index is 12.3. The molecule has 1 rings (SSSR count). The van der Waals surface area contributed by atoms with E-state index in [9.17, 15) is 18.0 Å². The van der Waals surface area contributed by atoms with E-state index in [0.717, 1.165) is 0 Å². The minimum Gasteiger partial charge on any atom is -0.480 e.